The molecule has 0 saturated carbocycles. The van der Waals surface area contributed by atoms with Crippen LogP contribution in [0.15, 0.2) is 30.6 Å². The standard InChI is InChI=1S/C32H42N6O5/c1-19(2)12-27-32(41)34-10-11-38(29(39)9-8-25-20(3)36-37(5)21(25)4)18-22-13-26(30(43-7)28(14-22)42-6)23-15-24(17-33-16-23)31(40)35-27/h13-17,19,27H,8-12,18H2,1-7H3,(H,34,41)(H,35,40)/t27-/m1/s1. The second-order valence-electron chi connectivity index (χ2n) is 11.4. The van der Waals surface area contributed by atoms with Gasteiger partial charge in [0.25, 0.3) is 5.91 Å². The molecule has 1 aliphatic heterocycles. The Morgan fingerprint density at radius 3 is 2.49 bits per heavy atom. The fraction of sp³-hybridized carbons (Fsp3) is 0.469. The number of aryl methyl sites for hydroxylation is 2. The van der Waals surface area contributed by atoms with Gasteiger partial charge in [0.15, 0.2) is 11.5 Å². The van der Waals surface area contributed by atoms with E-state index in [0.717, 1.165) is 22.5 Å². The smallest absolute Gasteiger partial charge is 0.253 e. The highest BCUT2D eigenvalue weighted by Crippen LogP contribution is 2.39. The third-order valence-electron chi connectivity index (χ3n) is 7.83. The van der Waals surface area contributed by atoms with Gasteiger partial charge in [0.1, 0.15) is 6.04 Å². The molecule has 0 aliphatic carbocycles. The number of pyridine rings is 1. The van der Waals surface area contributed by atoms with Crippen LogP contribution in [-0.4, -0.2) is 70.7 Å². The number of hydrogen-bond donors (Lipinski definition) is 2. The van der Waals surface area contributed by atoms with Gasteiger partial charge < -0.3 is 25.0 Å². The maximum Gasteiger partial charge on any atom is 0.253 e. The van der Waals surface area contributed by atoms with Gasteiger partial charge in [-0.05, 0) is 61.9 Å². The molecule has 230 valence electrons. The molecule has 11 heteroatoms. The van der Waals surface area contributed by atoms with Gasteiger partial charge in [-0.15, -0.1) is 0 Å². The van der Waals surface area contributed by atoms with Crippen LogP contribution in [0.2, 0.25) is 0 Å². The first-order chi connectivity index (χ1) is 20.5. The third-order valence-corrected chi connectivity index (χ3v) is 7.83. The fourth-order valence-corrected chi connectivity index (χ4v) is 5.50. The number of fused-ring (bicyclic) bond motifs is 5. The van der Waals surface area contributed by atoms with Crippen molar-refractivity contribution in [3.05, 3.63) is 58.7 Å². The Hall–Kier alpha value is -4.41. The molecular formula is C32H42N6O5. The average molecular weight is 591 g/mol. The topological polar surface area (TPSA) is 128 Å². The number of carbonyl (C=O) groups is 3. The molecule has 0 fully saturated rings. The largest absolute Gasteiger partial charge is 0.493 e. The average Bonchev–Trinajstić information content (AvgIpc) is 3.23. The lowest BCUT2D eigenvalue weighted by Crippen LogP contribution is -2.49. The lowest BCUT2D eigenvalue weighted by Gasteiger charge is -2.25. The molecule has 0 unspecified atom stereocenters. The molecule has 1 aliphatic rings. The minimum atomic E-state index is -0.738. The Balaban J connectivity index is 1.74. The summed E-state index contributed by atoms with van der Waals surface area (Å²) >= 11 is 0. The number of rotatable bonds is 7. The van der Waals surface area contributed by atoms with Gasteiger partial charge in [-0.2, -0.15) is 5.10 Å². The second-order valence-corrected chi connectivity index (χ2v) is 11.4. The van der Waals surface area contributed by atoms with Crippen LogP contribution in [-0.2, 0) is 29.6 Å². The maximum atomic E-state index is 13.7. The summed E-state index contributed by atoms with van der Waals surface area (Å²) in [7, 11) is 5.01. The molecule has 3 heterocycles. The zero-order valence-corrected chi connectivity index (χ0v) is 26.1. The van der Waals surface area contributed by atoms with E-state index in [1.165, 1.54) is 6.20 Å². The van der Waals surface area contributed by atoms with Gasteiger partial charge in [-0.1, -0.05) is 13.8 Å². The first-order valence-corrected chi connectivity index (χ1v) is 14.6. The van der Waals surface area contributed by atoms with E-state index in [4.69, 9.17) is 9.47 Å². The van der Waals surface area contributed by atoms with Crippen LogP contribution in [0.25, 0.3) is 11.1 Å². The Morgan fingerprint density at radius 2 is 1.84 bits per heavy atom. The number of carbonyl (C=O) groups excluding carboxylic acids is 3. The van der Waals surface area contributed by atoms with Crippen LogP contribution >= 0.6 is 0 Å². The first kappa shape index (κ1) is 31.5. The molecule has 11 nitrogen and oxygen atoms in total. The van der Waals surface area contributed by atoms with Crippen molar-refractivity contribution in [2.75, 3.05) is 27.3 Å². The number of nitrogens with one attached hydrogen (secondary N) is 2. The van der Waals surface area contributed by atoms with Crippen molar-refractivity contribution in [3.63, 3.8) is 0 Å². The van der Waals surface area contributed by atoms with Crippen molar-refractivity contribution in [2.24, 2.45) is 13.0 Å². The van der Waals surface area contributed by atoms with E-state index in [9.17, 15) is 14.4 Å². The Morgan fingerprint density at radius 1 is 1.09 bits per heavy atom. The quantitative estimate of drug-likeness (QED) is 0.432. The molecule has 0 saturated heterocycles. The lowest BCUT2D eigenvalue weighted by atomic mass is 10.00. The third kappa shape index (κ3) is 7.33. The van der Waals surface area contributed by atoms with Crippen molar-refractivity contribution in [1.29, 1.82) is 0 Å². The summed E-state index contributed by atoms with van der Waals surface area (Å²) in [4.78, 5) is 46.3. The monoisotopic (exact) mass is 590 g/mol. The van der Waals surface area contributed by atoms with E-state index < -0.39 is 11.9 Å². The summed E-state index contributed by atoms with van der Waals surface area (Å²) in [5.74, 6) is 0.411. The molecule has 2 N–H and O–H groups in total. The van der Waals surface area contributed by atoms with E-state index >= 15 is 0 Å². The molecule has 2 aromatic heterocycles. The number of benzene rings is 1. The maximum absolute atomic E-state index is 13.7. The highest BCUT2D eigenvalue weighted by Gasteiger charge is 2.25. The van der Waals surface area contributed by atoms with Crippen LogP contribution in [0, 0.1) is 19.8 Å². The fourth-order valence-electron chi connectivity index (χ4n) is 5.50. The summed E-state index contributed by atoms with van der Waals surface area (Å²) < 4.78 is 13.2. The van der Waals surface area contributed by atoms with Gasteiger partial charge in [0.05, 0.1) is 25.5 Å². The van der Waals surface area contributed by atoms with Crippen LogP contribution in [0.5, 0.6) is 11.5 Å². The van der Waals surface area contributed by atoms with Crippen LogP contribution in [0.1, 0.15) is 59.6 Å². The molecular weight excluding hydrogens is 548 g/mol. The number of methoxy groups -OCH3 is 2. The van der Waals surface area contributed by atoms with E-state index in [-0.39, 0.29) is 37.4 Å². The molecule has 1 atom stereocenters. The first-order valence-electron chi connectivity index (χ1n) is 14.6. The van der Waals surface area contributed by atoms with Crippen molar-refractivity contribution in [1.82, 2.24) is 30.3 Å². The van der Waals surface area contributed by atoms with Crippen LogP contribution in [0.3, 0.4) is 0 Å². The number of hydrogen-bond acceptors (Lipinski definition) is 7. The summed E-state index contributed by atoms with van der Waals surface area (Å²) in [5, 5.41) is 10.3. The molecule has 0 radical (unpaired) electrons. The van der Waals surface area contributed by atoms with Crippen LogP contribution in [0.4, 0.5) is 0 Å². The molecule has 3 aromatic rings. The number of amides is 3. The highest BCUT2D eigenvalue weighted by atomic mass is 16.5. The SMILES string of the molecule is COc1cc2cc(c1OC)-c1cncc(c1)C(=O)N[C@H](CC(C)C)C(=O)NCCN(C(=O)CCc1c(C)nn(C)c1C)C2. The van der Waals surface area contributed by atoms with Crippen LogP contribution < -0.4 is 20.1 Å². The molecule has 1 aromatic carbocycles. The zero-order valence-electron chi connectivity index (χ0n) is 26.1. The Kier molecular flexibility index (Phi) is 10.1. The molecule has 0 spiro atoms. The van der Waals surface area contributed by atoms with E-state index in [1.807, 2.05) is 51.6 Å². The zero-order chi connectivity index (χ0) is 31.3. The van der Waals surface area contributed by atoms with Gasteiger partial charge in [0, 0.05) is 62.3 Å². The van der Waals surface area contributed by atoms with E-state index in [1.54, 1.807) is 31.4 Å². The predicted molar refractivity (Wildman–Crippen MR) is 163 cm³/mol. The number of nitrogens with zero attached hydrogens (tertiary/aromatic N) is 4. The van der Waals surface area contributed by atoms with Crippen molar-refractivity contribution < 1.29 is 23.9 Å². The van der Waals surface area contributed by atoms with Gasteiger partial charge in [-0.25, -0.2) is 0 Å². The van der Waals surface area contributed by atoms with Crippen molar-refractivity contribution >= 4 is 17.7 Å². The van der Waals surface area contributed by atoms with E-state index in [2.05, 4.69) is 20.7 Å². The van der Waals surface area contributed by atoms with Crippen molar-refractivity contribution in [3.8, 4) is 22.6 Å². The highest BCUT2D eigenvalue weighted by molar-refractivity contribution is 5.98. The summed E-state index contributed by atoms with van der Waals surface area (Å²) in [6.07, 6.45) is 4.43. The Labute approximate surface area is 253 Å². The Bertz CT molecular complexity index is 1500. The predicted octanol–water partition coefficient (Wildman–Crippen LogP) is 3.35. The second kappa shape index (κ2) is 13.7. The lowest BCUT2D eigenvalue weighted by molar-refractivity contribution is -0.132. The molecule has 43 heavy (non-hydrogen) atoms. The summed E-state index contributed by atoms with van der Waals surface area (Å²) in [5.41, 5.74) is 5.46. The van der Waals surface area contributed by atoms with Crippen molar-refractivity contribution in [2.45, 2.75) is 59.5 Å². The van der Waals surface area contributed by atoms with Gasteiger partial charge in [0.2, 0.25) is 11.8 Å². The number of ether oxygens (including phenoxy) is 2. The normalized spacial score (nSPS) is 15.8. The van der Waals surface area contributed by atoms with E-state index in [0.29, 0.717) is 47.5 Å². The molecule has 3 amide bonds. The minimum absolute atomic E-state index is 0.0479. The molecule has 4 rings (SSSR count). The van der Waals surface area contributed by atoms with Gasteiger partial charge >= 0.3 is 0 Å². The van der Waals surface area contributed by atoms with Gasteiger partial charge in [-0.3, -0.25) is 24.0 Å². The molecule has 4 bridgehead atoms. The number of aromatic nitrogens is 3. The summed E-state index contributed by atoms with van der Waals surface area (Å²) in [6, 6.07) is 4.75. The summed E-state index contributed by atoms with van der Waals surface area (Å²) in [6.45, 7) is 8.75. The minimum Gasteiger partial charge on any atom is -0.493 e.